The predicted molar refractivity (Wildman–Crippen MR) is 74.3 cm³/mol. The smallest absolute Gasteiger partial charge is 0.244 e. The van der Waals surface area contributed by atoms with E-state index in [0.29, 0.717) is 18.6 Å². The summed E-state index contributed by atoms with van der Waals surface area (Å²) >= 11 is 3.42. The first-order valence-electron chi connectivity index (χ1n) is 6.49. The molecule has 1 aromatic heterocycles. The van der Waals surface area contributed by atoms with Gasteiger partial charge in [-0.2, -0.15) is 5.10 Å². The molecule has 2 heterocycles. The number of hydrogen-bond donors (Lipinski definition) is 0. The van der Waals surface area contributed by atoms with Gasteiger partial charge in [-0.05, 0) is 56.0 Å². The molecule has 2 rings (SSSR count). The molecule has 0 bridgehead atoms. The van der Waals surface area contributed by atoms with Gasteiger partial charge in [0.25, 0.3) is 0 Å². The first-order chi connectivity index (χ1) is 8.49. The van der Waals surface area contributed by atoms with Gasteiger partial charge in [0, 0.05) is 18.3 Å². The van der Waals surface area contributed by atoms with Gasteiger partial charge >= 0.3 is 0 Å². The lowest BCUT2D eigenvalue weighted by Crippen LogP contribution is -2.48. The Kier molecular flexibility index (Phi) is 4.10. The summed E-state index contributed by atoms with van der Waals surface area (Å²) < 4.78 is 2.67. The Balaban J connectivity index is 2.06. The van der Waals surface area contributed by atoms with E-state index in [-0.39, 0.29) is 5.91 Å². The molecule has 100 valence electrons. The molecule has 1 saturated heterocycles. The molecule has 5 heteroatoms. The van der Waals surface area contributed by atoms with Gasteiger partial charge in [-0.25, -0.2) is 0 Å². The molecule has 0 spiro atoms. The summed E-state index contributed by atoms with van der Waals surface area (Å²) in [7, 11) is 0. The number of carbonyl (C=O) groups is 1. The highest BCUT2D eigenvalue weighted by molar-refractivity contribution is 9.10. The zero-order valence-electron chi connectivity index (χ0n) is 11.2. The van der Waals surface area contributed by atoms with Gasteiger partial charge in [0.05, 0.1) is 10.2 Å². The molecule has 2 atom stereocenters. The van der Waals surface area contributed by atoms with Crippen LogP contribution in [0.2, 0.25) is 0 Å². The molecule has 1 amide bonds. The standard InChI is InChI=1S/C13H20BrN3O/c1-9-5-4-6-10(2)17(9)13(18)8-16-7-12(14)11(3)15-16/h7,9-10H,4-6,8H2,1-3H3. The van der Waals surface area contributed by atoms with Crippen LogP contribution in [-0.4, -0.2) is 32.7 Å². The summed E-state index contributed by atoms with van der Waals surface area (Å²) in [5.74, 6) is 0.171. The summed E-state index contributed by atoms with van der Waals surface area (Å²) in [6.07, 6.45) is 5.31. The fourth-order valence-corrected chi connectivity index (χ4v) is 3.02. The van der Waals surface area contributed by atoms with Crippen LogP contribution in [0.3, 0.4) is 0 Å². The van der Waals surface area contributed by atoms with E-state index in [9.17, 15) is 4.79 Å². The van der Waals surface area contributed by atoms with Gasteiger partial charge in [-0.3, -0.25) is 9.48 Å². The van der Waals surface area contributed by atoms with Crippen molar-refractivity contribution in [2.24, 2.45) is 0 Å². The third-order valence-electron chi connectivity index (χ3n) is 3.67. The molecular weight excluding hydrogens is 294 g/mol. The van der Waals surface area contributed by atoms with Crippen LogP contribution < -0.4 is 0 Å². The van der Waals surface area contributed by atoms with Crippen molar-refractivity contribution in [3.05, 3.63) is 16.4 Å². The molecule has 1 fully saturated rings. The van der Waals surface area contributed by atoms with E-state index in [4.69, 9.17) is 0 Å². The van der Waals surface area contributed by atoms with E-state index >= 15 is 0 Å². The van der Waals surface area contributed by atoms with Crippen molar-refractivity contribution in [2.45, 2.75) is 58.7 Å². The minimum absolute atomic E-state index is 0.171. The van der Waals surface area contributed by atoms with Crippen molar-refractivity contribution in [1.82, 2.24) is 14.7 Å². The molecule has 1 aliphatic heterocycles. The number of nitrogens with zero attached hydrogens (tertiary/aromatic N) is 3. The third-order valence-corrected chi connectivity index (χ3v) is 4.44. The Hall–Kier alpha value is -0.840. The molecule has 0 aliphatic carbocycles. The molecule has 0 aromatic carbocycles. The first kappa shape index (κ1) is 13.6. The zero-order valence-corrected chi connectivity index (χ0v) is 12.8. The lowest BCUT2D eigenvalue weighted by atomic mass is 9.97. The molecule has 1 aromatic rings. The van der Waals surface area contributed by atoms with Crippen molar-refractivity contribution in [3.63, 3.8) is 0 Å². The lowest BCUT2D eigenvalue weighted by molar-refractivity contribution is -0.138. The van der Waals surface area contributed by atoms with Crippen LogP contribution in [0.5, 0.6) is 0 Å². The van der Waals surface area contributed by atoms with Gasteiger partial charge in [-0.15, -0.1) is 0 Å². The largest absolute Gasteiger partial charge is 0.336 e. The quantitative estimate of drug-likeness (QED) is 0.842. The van der Waals surface area contributed by atoms with Crippen LogP contribution in [0.25, 0.3) is 0 Å². The fourth-order valence-electron chi connectivity index (χ4n) is 2.71. The Bertz CT molecular complexity index is 414. The van der Waals surface area contributed by atoms with Crippen LogP contribution in [0.4, 0.5) is 0 Å². The highest BCUT2D eigenvalue weighted by Crippen LogP contribution is 2.23. The first-order valence-corrected chi connectivity index (χ1v) is 7.29. The summed E-state index contributed by atoms with van der Waals surface area (Å²) in [5.41, 5.74) is 0.919. The highest BCUT2D eigenvalue weighted by atomic mass is 79.9. The van der Waals surface area contributed by atoms with E-state index in [1.54, 1.807) is 4.68 Å². The number of carbonyl (C=O) groups excluding carboxylic acids is 1. The fraction of sp³-hybridized carbons (Fsp3) is 0.692. The highest BCUT2D eigenvalue weighted by Gasteiger charge is 2.28. The van der Waals surface area contributed by atoms with E-state index < -0.39 is 0 Å². The third kappa shape index (κ3) is 2.76. The summed E-state index contributed by atoms with van der Waals surface area (Å²) in [6, 6.07) is 0.697. The molecule has 1 aliphatic rings. The van der Waals surface area contributed by atoms with E-state index in [1.165, 1.54) is 6.42 Å². The number of aryl methyl sites for hydroxylation is 1. The van der Waals surface area contributed by atoms with Crippen molar-refractivity contribution in [3.8, 4) is 0 Å². The second-order valence-corrected chi connectivity index (χ2v) is 6.04. The SMILES string of the molecule is Cc1nn(CC(=O)N2C(C)CCCC2C)cc1Br. The van der Waals surface area contributed by atoms with Gasteiger partial charge < -0.3 is 4.90 Å². The average molecular weight is 314 g/mol. The van der Waals surface area contributed by atoms with E-state index in [1.807, 2.05) is 18.0 Å². The molecule has 0 saturated carbocycles. The molecule has 18 heavy (non-hydrogen) atoms. The van der Waals surface area contributed by atoms with Crippen LogP contribution in [0, 0.1) is 6.92 Å². The average Bonchev–Trinajstić information content (AvgIpc) is 2.57. The Morgan fingerprint density at radius 3 is 2.56 bits per heavy atom. The van der Waals surface area contributed by atoms with Gasteiger partial charge in [0.15, 0.2) is 0 Å². The topological polar surface area (TPSA) is 38.1 Å². The van der Waals surface area contributed by atoms with E-state index in [2.05, 4.69) is 34.9 Å². The number of rotatable bonds is 2. The number of hydrogen-bond acceptors (Lipinski definition) is 2. The van der Waals surface area contributed by atoms with Crippen molar-refractivity contribution >= 4 is 21.8 Å². The number of piperidine rings is 1. The van der Waals surface area contributed by atoms with Gasteiger partial charge in [0.2, 0.25) is 5.91 Å². The molecule has 2 unspecified atom stereocenters. The number of aromatic nitrogens is 2. The second-order valence-electron chi connectivity index (χ2n) is 5.19. The molecular formula is C13H20BrN3O. The van der Waals surface area contributed by atoms with Crippen LogP contribution in [0.15, 0.2) is 10.7 Å². The molecule has 0 radical (unpaired) electrons. The van der Waals surface area contributed by atoms with E-state index in [0.717, 1.165) is 23.0 Å². The van der Waals surface area contributed by atoms with Crippen LogP contribution in [0.1, 0.15) is 38.8 Å². The number of likely N-dealkylation sites (tertiary alicyclic amines) is 1. The van der Waals surface area contributed by atoms with Crippen molar-refractivity contribution in [1.29, 1.82) is 0 Å². The maximum atomic E-state index is 12.4. The second kappa shape index (κ2) is 5.43. The van der Waals surface area contributed by atoms with Crippen LogP contribution >= 0.6 is 15.9 Å². The predicted octanol–water partition coefficient (Wildman–Crippen LogP) is 2.74. The minimum Gasteiger partial charge on any atom is -0.336 e. The summed E-state index contributed by atoms with van der Waals surface area (Å²) in [5, 5.41) is 4.32. The van der Waals surface area contributed by atoms with Crippen LogP contribution in [-0.2, 0) is 11.3 Å². The Labute approximate surface area is 116 Å². The van der Waals surface area contributed by atoms with Crippen molar-refractivity contribution in [2.75, 3.05) is 0 Å². The van der Waals surface area contributed by atoms with Crippen molar-refractivity contribution < 1.29 is 4.79 Å². The lowest BCUT2D eigenvalue weighted by Gasteiger charge is -2.39. The number of halogens is 1. The van der Waals surface area contributed by atoms with Gasteiger partial charge in [-0.1, -0.05) is 0 Å². The summed E-state index contributed by atoms with van der Waals surface area (Å²) in [6.45, 7) is 6.54. The monoisotopic (exact) mass is 313 g/mol. The number of amides is 1. The summed E-state index contributed by atoms with van der Waals surface area (Å²) in [4.78, 5) is 14.4. The normalized spacial score (nSPS) is 24.3. The minimum atomic E-state index is 0.171. The Morgan fingerprint density at radius 1 is 1.44 bits per heavy atom. The molecule has 0 N–H and O–H groups in total. The Morgan fingerprint density at radius 2 is 2.06 bits per heavy atom. The van der Waals surface area contributed by atoms with Gasteiger partial charge in [0.1, 0.15) is 6.54 Å². The molecule has 4 nitrogen and oxygen atoms in total. The zero-order chi connectivity index (χ0) is 13.3. The maximum absolute atomic E-state index is 12.4. The maximum Gasteiger partial charge on any atom is 0.244 e.